The van der Waals surface area contributed by atoms with Gasteiger partial charge in [-0.25, -0.2) is 9.97 Å². The first-order valence-electron chi connectivity index (χ1n) is 6.45. The summed E-state index contributed by atoms with van der Waals surface area (Å²) in [5, 5.41) is 3.01. The highest BCUT2D eigenvalue weighted by Gasteiger charge is 2.06. The summed E-state index contributed by atoms with van der Waals surface area (Å²) in [5.74, 6) is 2.59. The number of hydrogen-bond acceptors (Lipinski definition) is 4. The van der Waals surface area contributed by atoms with Gasteiger partial charge in [0.2, 0.25) is 0 Å². The van der Waals surface area contributed by atoms with Crippen molar-refractivity contribution in [1.82, 2.24) is 15.0 Å². The lowest BCUT2D eigenvalue weighted by Gasteiger charge is -2.01. The zero-order valence-corrected chi connectivity index (χ0v) is 11.5. The van der Waals surface area contributed by atoms with E-state index in [9.17, 15) is 0 Å². The van der Waals surface area contributed by atoms with Crippen LogP contribution in [-0.4, -0.2) is 29.1 Å². The van der Waals surface area contributed by atoms with Gasteiger partial charge in [-0.15, -0.1) is 0 Å². The Morgan fingerprint density at radius 1 is 1.10 bits per heavy atom. The number of aromatic amines is 1. The Morgan fingerprint density at radius 2 is 1.90 bits per heavy atom. The molecule has 5 nitrogen and oxygen atoms in total. The molecule has 0 aliphatic carbocycles. The second-order valence-corrected chi connectivity index (χ2v) is 4.53. The predicted molar refractivity (Wildman–Crippen MR) is 79.2 cm³/mol. The van der Waals surface area contributed by atoms with Crippen LogP contribution < -0.4 is 10.1 Å². The second kappa shape index (κ2) is 5.21. The lowest BCUT2D eigenvalue weighted by molar-refractivity contribution is 0.414. The van der Waals surface area contributed by atoms with E-state index in [2.05, 4.69) is 20.3 Å². The fourth-order valence-corrected chi connectivity index (χ4v) is 2.10. The van der Waals surface area contributed by atoms with Crippen molar-refractivity contribution in [1.29, 1.82) is 0 Å². The van der Waals surface area contributed by atoms with Crippen molar-refractivity contribution in [2.45, 2.75) is 6.42 Å². The van der Waals surface area contributed by atoms with Crippen molar-refractivity contribution in [3.8, 4) is 5.75 Å². The van der Waals surface area contributed by atoms with E-state index < -0.39 is 0 Å². The quantitative estimate of drug-likeness (QED) is 0.763. The summed E-state index contributed by atoms with van der Waals surface area (Å²) in [5.41, 5.74) is 2.87. The third-order valence-corrected chi connectivity index (χ3v) is 3.18. The van der Waals surface area contributed by atoms with Gasteiger partial charge >= 0.3 is 0 Å². The van der Waals surface area contributed by atoms with Gasteiger partial charge in [-0.2, -0.15) is 0 Å². The molecule has 0 spiro atoms. The van der Waals surface area contributed by atoms with E-state index in [1.165, 1.54) is 5.56 Å². The molecular formula is C15H16N4O. The predicted octanol–water partition coefficient (Wildman–Crippen LogP) is 2.60. The fraction of sp³-hybridized carbons (Fsp3) is 0.200. The number of nitrogens with one attached hydrogen (secondary N) is 2. The summed E-state index contributed by atoms with van der Waals surface area (Å²) in [4.78, 5) is 12.2. The van der Waals surface area contributed by atoms with Gasteiger partial charge in [-0.3, -0.25) is 0 Å². The maximum atomic E-state index is 5.15. The fourth-order valence-electron chi connectivity index (χ4n) is 2.10. The summed E-state index contributed by atoms with van der Waals surface area (Å²) in [6.45, 7) is 0. The van der Waals surface area contributed by atoms with E-state index in [1.54, 1.807) is 7.11 Å². The zero-order chi connectivity index (χ0) is 13.9. The Balaban J connectivity index is 1.86. The molecule has 3 aromatic rings. The number of ether oxygens (including phenoxy) is 1. The molecule has 3 rings (SSSR count). The molecule has 0 aliphatic heterocycles. The van der Waals surface area contributed by atoms with Crippen LogP contribution in [-0.2, 0) is 6.42 Å². The number of rotatable bonds is 4. The number of pyridine rings is 1. The van der Waals surface area contributed by atoms with Gasteiger partial charge in [0.1, 0.15) is 17.4 Å². The molecule has 0 radical (unpaired) electrons. The first kappa shape index (κ1) is 12.5. The van der Waals surface area contributed by atoms with Gasteiger partial charge in [0.05, 0.1) is 12.6 Å². The maximum absolute atomic E-state index is 5.15. The van der Waals surface area contributed by atoms with Crippen LogP contribution >= 0.6 is 0 Å². The van der Waals surface area contributed by atoms with E-state index in [0.29, 0.717) is 0 Å². The van der Waals surface area contributed by atoms with Gasteiger partial charge in [-0.1, -0.05) is 12.1 Å². The minimum atomic E-state index is 0.736. The number of imidazole rings is 1. The van der Waals surface area contributed by atoms with Gasteiger partial charge in [-0.05, 0) is 29.8 Å². The first-order chi connectivity index (χ1) is 9.78. The molecule has 102 valence electrons. The lowest BCUT2D eigenvalue weighted by Crippen LogP contribution is -1.92. The molecule has 0 amide bonds. The van der Waals surface area contributed by atoms with Crippen LogP contribution in [0.5, 0.6) is 5.75 Å². The van der Waals surface area contributed by atoms with Crippen LogP contribution in [0.2, 0.25) is 0 Å². The third-order valence-electron chi connectivity index (χ3n) is 3.18. The lowest BCUT2D eigenvalue weighted by atomic mass is 10.1. The van der Waals surface area contributed by atoms with E-state index >= 15 is 0 Å². The van der Waals surface area contributed by atoms with Crippen molar-refractivity contribution in [3.63, 3.8) is 0 Å². The molecule has 0 saturated heterocycles. The maximum Gasteiger partial charge on any atom is 0.179 e. The van der Waals surface area contributed by atoms with Crippen LogP contribution in [0.25, 0.3) is 11.2 Å². The van der Waals surface area contributed by atoms with Gasteiger partial charge in [0, 0.05) is 13.5 Å². The molecule has 0 unspecified atom stereocenters. The molecule has 0 atom stereocenters. The average molecular weight is 268 g/mol. The molecule has 2 N–H and O–H groups in total. The molecule has 1 aromatic carbocycles. The topological polar surface area (TPSA) is 62.8 Å². The van der Waals surface area contributed by atoms with Crippen LogP contribution in [0.4, 0.5) is 5.82 Å². The van der Waals surface area contributed by atoms with Gasteiger partial charge in [0.15, 0.2) is 5.65 Å². The van der Waals surface area contributed by atoms with E-state index in [1.807, 2.05) is 43.4 Å². The highest BCUT2D eigenvalue weighted by atomic mass is 16.5. The van der Waals surface area contributed by atoms with Crippen molar-refractivity contribution in [2.24, 2.45) is 0 Å². The minimum absolute atomic E-state index is 0.736. The Bertz CT molecular complexity index is 718. The van der Waals surface area contributed by atoms with Crippen molar-refractivity contribution in [3.05, 3.63) is 47.8 Å². The average Bonchev–Trinajstić information content (AvgIpc) is 2.89. The van der Waals surface area contributed by atoms with Crippen molar-refractivity contribution < 1.29 is 4.74 Å². The number of hydrogen-bond donors (Lipinski definition) is 2. The van der Waals surface area contributed by atoms with Crippen molar-refractivity contribution in [2.75, 3.05) is 19.5 Å². The van der Waals surface area contributed by atoms with E-state index in [4.69, 9.17) is 4.74 Å². The molecular weight excluding hydrogens is 252 g/mol. The molecule has 2 heterocycles. The number of nitrogens with zero attached hydrogens (tertiary/aromatic N) is 2. The molecule has 20 heavy (non-hydrogen) atoms. The summed E-state index contributed by atoms with van der Waals surface area (Å²) in [7, 11) is 3.51. The zero-order valence-electron chi connectivity index (χ0n) is 11.5. The van der Waals surface area contributed by atoms with Crippen molar-refractivity contribution >= 4 is 17.0 Å². The number of aromatic nitrogens is 3. The van der Waals surface area contributed by atoms with E-state index in [0.717, 1.165) is 35.0 Å². The standard InChI is InChI=1S/C15H16N4O/c1-16-13-8-7-12-15(18-13)19-14(17-12)9-10-3-5-11(20-2)6-4-10/h3-8H,9H2,1-2H3,(H2,16,17,18,19). The molecule has 0 saturated carbocycles. The smallest absolute Gasteiger partial charge is 0.179 e. The molecule has 0 aliphatic rings. The Kier molecular flexibility index (Phi) is 3.25. The normalized spacial score (nSPS) is 10.7. The molecule has 0 fully saturated rings. The van der Waals surface area contributed by atoms with Gasteiger partial charge in [0.25, 0.3) is 0 Å². The largest absolute Gasteiger partial charge is 0.497 e. The van der Waals surface area contributed by atoms with E-state index in [-0.39, 0.29) is 0 Å². The second-order valence-electron chi connectivity index (χ2n) is 4.53. The molecule has 0 bridgehead atoms. The number of fused-ring (bicyclic) bond motifs is 1. The summed E-state index contributed by atoms with van der Waals surface area (Å²) in [6.07, 6.45) is 0.745. The number of methoxy groups -OCH3 is 1. The summed E-state index contributed by atoms with van der Waals surface area (Å²) in [6, 6.07) is 11.9. The highest BCUT2D eigenvalue weighted by molar-refractivity contribution is 5.72. The molecule has 2 aromatic heterocycles. The summed E-state index contributed by atoms with van der Waals surface area (Å²) >= 11 is 0. The van der Waals surface area contributed by atoms with Crippen LogP contribution in [0.15, 0.2) is 36.4 Å². The Labute approximate surface area is 117 Å². The van der Waals surface area contributed by atoms with Gasteiger partial charge < -0.3 is 15.0 Å². The number of anilines is 1. The first-order valence-corrected chi connectivity index (χ1v) is 6.45. The SMILES string of the molecule is CNc1ccc2[nH]c(Cc3ccc(OC)cc3)nc2n1. The Morgan fingerprint density at radius 3 is 2.60 bits per heavy atom. The minimum Gasteiger partial charge on any atom is -0.497 e. The van der Waals surface area contributed by atoms with Crippen LogP contribution in [0.1, 0.15) is 11.4 Å². The number of H-pyrrole nitrogens is 1. The highest BCUT2D eigenvalue weighted by Crippen LogP contribution is 2.16. The monoisotopic (exact) mass is 268 g/mol. The number of benzene rings is 1. The van der Waals surface area contributed by atoms with Crippen LogP contribution in [0, 0.1) is 0 Å². The summed E-state index contributed by atoms with van der Waals surface area (Å²) < 4.78 is 5.15. The van der Waals surface area contributed by atoms with Crippen LogP contribution in [0.3, 0.4) is 0 Å². The molecule has 5 heteroatoms. The third kappa shape index (κ3) is 2.42. The Hall–Kier alpha value is -2.56.